The third-order valence-electron chi connectivity index (χ3n) is 4.18. The molecule has 2 aliphatic rings. The zero-order valence-electron chi connectivity index (χ0n) is 13.2. The summed E-state index contributed by atoms with van der Waals surface area (Å²) >= 11 is 0. The summed E-state index contributed by atoms with van der Waals surface area (Å²) in [6.07, 6.45) is 6.20. The molecule has 1 atom stereocenters. The minimum absolute atomic E-state index is 0.0678. The number of hydrogen-bond acceptors (Lipinski definition) is 4. The van der Waals surface area contributed by atoms with E-state index in [1.165, 1.54) is 11.1 Å². The van der Waals surface area contributed by atoms with Gasteiger partial charge in [-0.25, -0.2) is 0 Å². The summed E-state index contributed by atoms with van der Waals surface area (Å²) < 4.78 is 5.97. The number of nitrogens with one attached hydrogen (secondary N) is 1. The fourth-order valence-electron chi connectivity index (χ4n) is 2.99. The molecule has 1 unspecified atom stereocenters. The van der Waals surface area contributed by atoms with E-state index in [0.717, 1.165) is 0 Å². The van der Waals surface area contributed by atoms with Crippen molar-refractivity contribution in [2.24, 2.45) is 0 Å². The Morgan fingerprint density at radius 2 is 1.80 bits per heavy atom. The Labute approximate surface area is 144 Å². The minimum atomic E-state index is -0.697. The SMILES string of the molecule is C#CCN1/C=C2/C(=O)c3ccccc3OC2Nc2ccccc2C1=O. The predicted octanol–water partition coefficient (Wildman–Crippen LogP) is 2.67. The van der Waals surface area contributed by atoms with Crippen LogP contribution >= 0.6 is 0 Å². The molecule has 1 N–H and O–H groups in total. The Balaban J connectivity index is 1.88. The van der Waals surface area contributed by atoms with Crippen molar-refractivity contribution in [3.63, 3.8) is 0 Å². The largest absolute Gasteiger partial charge is 0.466 e. The van der Waals surface area contributed by atoms with E-state index >= 15 is 0 Å². The topological polar surface area (TPSA) is 58.6 Å². The monoisotopic (exact) mass is 330 g/mol. The van der Waals surface area contributed by atoms with E-state index < -0.39 is 6.23 Å². The fraction of sp³-hybridized carbons (Fsp3) is 0.100. The van der Waals surface area contributed by atoms with Crippen molar-refractivity contribution in [1.82, 2.24) is 4.90 Å². The number of benzene rings is 2. The van der Waals surface area contributed by atoms with Gasteiger partial charge in [0.15, 0.2) is 5.78 Å². The van der Waals surface area contributed by atoms with Gasteiger partial charge in [0.1, 0.15) is 5.75 Å². The molecule has 0 fully saturated rings. The van der Waals surface area contributed by atoms with E-state index in [9.17, 15) is 9.59 Å². The quantitative estimate of drug-likeness (QED) is 0.817. The van der Waals surface area contributed by atoms with Crippen LogP contribution in [0.5, 0.6) is 5.75 Å². The van der Waals surface area contributed by atoms with Crippen LogP contribution < -0.4 is 10.1 Å². The Morgan fingerprint density at radius 1 is 1.08 bits per heavy atom. The molecule has 5 heteroatoms. The van der Waals surface area contributed by atoms with E-state index in [0.29, 0.717) is 28.1 Å². The van der Waals surface area contributed by atoms with Gasteiger partial charge in [0.25, 0.3) is 5.91 Å². The van der Waals surface area contributed by atoms with Gasteiger partial charge in [0, 0.05) is 11.9 Å². The Hall–Kier alpha value is -3.52. The molecule has 0 aliphatic carbocycles. The lowest BCUT2D eigenvalue weighted by Crippen LogP contribution is -2.41. The van der Waals surface area contributed by atoms with Crippen LogP contribution in [0.25, 0.3) is 0 Å². The maximum atomic E-state index is 12.9. The van der Waals surface area contributed by atoms with Crippen LogP contribution in [0.4, 0.5) is 5.69 Å². The smallest absolute Gasteiger partial charge is 0.260 e. The lowest BCUT2D eigenvalue weighted by molar-refractivity contribution is 0.0829. The van der Waals surface area contributed by atoms with Crippen LogP contribution in [0.15, 0.2) is 60.3 Å². The van der Waals surface area contributed by atoms with E-state index in [1.54, 1.807) is 36.4 Å². The molecule has 2 aliphatic heterocycles. The average molecular weight is 330 g/mol. The first-order chi connectivity index (χ1) is 12.2. The molecule has 2 aromatic carbocycles. The molecule has 0 radical (unpaired) electrons. The highest BCUT2D eigenvalue weighted by Crippen LogP contribution is 2.33. The molecule has 0 saturated heterocycles. The van der Waals surface area contributed by atoms with Gasteiger partial charge in [0.2, 0.25) is 6.23 Å². The second-order valence-electron chi connectivity index (χ2n) is 5.73. The molecule has 5 nitrogen and oxygen atoms in total. The molecule has 2 heterocycles. The van der Waals surface area contributed by atoms with Crippen LogP contribution in [-0.4, -0.2) is 29.4 Å². The highest BCUT2D eigenvalue weighted by Gasteiger charge is 2.35. The highest BCUT2D eigenvalue weighted by atomic mass is 16.5. The lowest BCUT2D eigenvalue weighted by Gasteiger charge is -2.32. The van der Waals surface area contributed by atoms with Crippen LogP contribution in [0.2, 0.25) is 0 Å². The molecule has 0 spiro atoms. The Kier molecular flexibility index (Phi) is 3.51. The van der Waals surface area contributed by atoms with Gasteiger partial charge in [-0.3, -0.25) is 9.59 Å². The van der Waals surface area contributed by atoms with Crippen molar-refractivity contribution in [1.29, 1.82) is 0 Å². The standard InChI is InChI=1S/C20H14N2O3/c1-2-11-22-12-15-18(23)14-8-4-6-10-17(14)25-19(15)21-16-9-5-3-7-13(16)20(22)24/h1,3-10,12,19,21H,11H2/b15-12-. The van der Waals surface area contributed by atoms with Crippen molar-refractivity contribution in [3.8, 4) is 18.1 Å². The van der Waals surface area contributed by atoms with Crippen LogP contribution in [0.3, 0.4) is 0 Å². The number of amides is 1. The summed E-state index contributed by atoms with van der Waals surface area (Å²) in [5.74, 6) is 2.52. The second kappa shape index (κ2) is 5.84. The van der Waals surface area contributed by atoms with Gasteiger partial charge in [-0.15, -0.1) is 6.42 Å². The molecular weight excluding hydrogens is 316 g/mol. The molecule has 0 saturated carbocycles. The number of fused-ring (bicyclic) bond motifs is 3. The number of carbonyl (C=O) groups excluding carboxylic acids is 2. The van der Waals surface area contributed by atoms with E-state index in [-0.39, 0.29) is 18.2 Å². The van der Waals surface area contributed by atoms with Gasteiger partial charge in [-0.2, -0.15) is 0 Å². The summed E-state index contributed by atoms with van der Waals surface area (Å²) in [6.45, 7) is 0.0678. The molecule has 25 heavy (non-hydrogen) atoms. The molecule has 4 rings (SSSR count). The van der Waals surface area contributed by atoms with Crippen molar-refractivity contribution in [2.75, 3.05) is 11.9 Å². The van der Waals surface area contributed by atoms with Crippen molar-refractivity contribution in [3.05, 3.63) is 71.4 Å². The lowest BCUT2D eigenvalue weighted by atomic mass is 9.97. The summed E-state index contributed by atoms with van der Waals surface area (Å²) in [4.78, 5) is 27.1. The van der Waals surface area contributed by atoms with Gasteiger partial charge < -0.3 is 15.0 Å². The number of carbonyl (C=O) groups is 2. The summed E-state index contributed by atoms with van der Waals surface area (Å²) in [5.41, 5.74) is 1.88. The number of ether oxygens (including phenoxy) is 1. The maximum Gasteiger partial charge on any atom is 0.260 e. The molecule has 0 aromatic heterocycles. The number of ketones is 1. The molecule has 122 valence electrons. The number of terminal acetylenes is 1. The number of rotatable bonds is 1. The summed E-state index contributed by atoms with van der Waals surface area (Å²) in [5, 5.41) is 3.16. The predicted molar refractivity (Wildman–Crippen MR) is 93.2 cm³/mol. The van der Waals surface area contributed by atoms with E-state index in [1.807, 2.05) is 12.1 Å². The normalized spacial score (nSPS) is 20.4. The molecule has 0 bridgehead atoms. The van der Waals surface area contributed by atoms with Gasteiger partial charge in [-0.05, 0) is 24.3 Å². The van der Waals surface area contributed by atoms with Gasteiger partial charge in [-0.1, -0.05) is 30.2 Å². The summed E-state index contributed by atoms with van der Waals surface area (Å²) in [7, 11) is 0. The number of anilines is 1. The van der Waals surface area contributed by atoms with E-state index in [4.69, 9.17) is 11.2 Å². The Bertz CT molecular complexity index is 955. The van der Waals surface area contributed by atoms with Crippen LogP contribution in [-0.2, 0) is 0 Å². The number of nitrogens with zero attached hydrogens (tertiary/aromatic N) is 1. The van der Waals surface area contributed by atoms with Gasteiger partial charge >= 0.3 is 0 Å². The molecular formula is C20H14N2O3. The van der Waals surface area contributed by atoms with Gasteiger partial charge in [0.05, 0.1) is 23.2 Å². The highest BCUT2D eigenvalue weighted by molar-refractivity contribution is 6.13. The first kappa shape index (κ1) is 15.0. The summed E-state index contributed by atoms with van der Waals surface area (Å²) in [6, 6.07) is 14.1. The van der Waals surface area contributed by atoms with Crippen LogP contribution in [0.1, 0.15) is 20.7 Å². The van der Waals surface area contributed by atoms with Crippen molar-refractivity contribution >= 4 is 17.4 Å². The fourth-order valence-corrected chi connectivity index (χ4v) is 2.99. The van der Waals surface area contributed by atoms with Crippen molar-refractivity contribution < 1.29 is 14.3 Å². The minimum Gasteiger partial charge on any atom is -0.466 e. The zero-order chi connectivity index (χ0) is 17.4. The second-order valence-corrected chi connectivity index (χ2v) is 5.73. The van der Waals surface area contributed by atoms with Crippen molar-refractivity contribution in [2.45, 2.75) is 6.23 Å². The number of para-hydroxylation sites is 2. The molecule has 2 aromatic rings. The first-order valence-electron chi connectivity index (χ1n) is 7.81. The number of hydrogen-bond donors (Lipinski definition) is 1. The van der Waals surface area contributed by atoms with Crippen LogP contribution in [0, 0.1) is 12.3 Å². The molecule has 1 amide bonds. The third kappa shape index (κ3) is 2.45. The number of Topliss-reactive ketones (excluding diaryl/α,β-unsaturated/α-hetero) is 1. The zero-order valence-corrected chi connectivity index (χ0v) is 13.2. The maximum absolute atomic E-state index is 12.9. The third-order valence-corrected chi connectivity index (χ3v) is 4.18. The Morgan fingerprint density at radius 3 is 2.60 bits per heavy atom. The first-order valence-corrected chi connectivity index (χ1v) is 7.81. The average Bonchev–Trinajstić information content (AvgIpc) is 2.63. The van der Waals surface area contributed by atoms with E-state index in [2.05, 4.69) is 11.2 Å².